The minimum Gasteiger partial charge on any atom is -0.467 e. The van der Waals surface area contributed by atoms with Crippen LogP contribution in [-0.2, 0) is 16.1 Å². The van der Waals surface area contributed by atoms with Crippen molar-refractivity contribution in [3.05, 3.63) is 54.5 Å². The highest BCUT2D eigenvalue weighted by Crippen LogP contribution is 2.25. The van der Waals surface area contributed by atoms with E-state index in [1.54, 1.807) is 22.1 Å². The van der Waals surface area contributed by atoms with Gasteiger partial charge in [-0.1, -0.05) is 18.2 Å². The molecule has 5 heteroatoms. The minimum absolute atomic E-state index is 0.00358. The summed E-state index contributed by atoms with van der Waals surface area (Å²) in [5.74, 6) is 0.456. The topological polar surface area (TPSA) is 53.8 Å². The maximum absolute atomic E-state index is 12.8. The maximum Gasteiger partial charge on any atom is 0.232 e. The van der Waals surface area contributed by atoms with Crippen LogP contribution in [0.2, 0.25) is 0 Å². The third-order valence-electron chi connectivity index (χ3n) is 4.14. The normalized spacial score (nSPS) is 17.5. The summed E-state index contributed by atoms with van der Waals surface area (Å²) in [5, 5.41) is 0. The highest BCUT2D eigenvalue weighted by Gasteiger charge is 2.36. The van der Waals surface area contributed by atoms with E-state index in [-0.39, 0.29) is 24.2 Å². The summed E-state index contributed by atoms with van der Waals surface area (Å²) in [6, 6.07) is 13.2. The van der Waals surface area contributed by atoms with Crippen molar-refractivity contribution in [1.29, 1.82) is 0 Å². The number of carbonyl (C=O) groups is 2. The van der Waals surface area contributed by atoms with E-state index in [4.69, 9.17) is 4.42 Å². The average Bonchev–Trinajstić information content (AvgIpc) is 3.20. The van der Waals surface area contributed by atoms with Crippen molar-refractivity contribution < 1.29 is 14.0 Å². The van der Waals surface area contributed by atoms with Gasteiger partial charge in [-0.3, -0.25) is 9.59 Å². The lowest BCUT2D eigenvalue weighted by Crippen LogP contribution is -2.37. The van der Waals surface area contributed by atoms with Crippen molar-refractivity contribution in [2.75, 3.05) is 18.0 Å². The first-order valence-corrected chi connectivity index (χ1v) is 7.85. The van der Waals surface area contributed by atoms with Crippen LogP contribution in [0.15, 0.2) is 53.1 Å². The molecule has 3 rings (SSSR count). The van der Waals surface area contributed by atoms with Gasteiger partial charge in [-0.25, -0.2) is 0 Å². The first kappa shape index (κ1) is 15.3. The fraction of sp³-hybridized carbons (Fsp3) is 0.333. The van der Waals surface area contributed by atoms with Crippen molar-refractivity contribution in [3.63, 3.8) is 0 Å². The first-order valence-electron chi connectivity index (χ1n) is 7.85. The van der Waals surface area contributed by atoms with E-state index in [1.807, 2.05) is 43.3 Å². The number of nitrogens with zero attached hydrogens (tertiary/aromatic N) is 2. The molecule has 1 aromatic carbocycles. The number of furan rings is 1. The van der Waals surface area contributed by atoms with Gasteiger partial charge in [-0.2, -0.15) is 0 Å². The first-order chi connectivity index (χ1) is 11.2. The predicted molar refractivity (Wildman–Crippen MR) is 86.7 cm³/mol. The van der Waals surface area contributed by atoms with Gasteiger partial charge in [0.15, 0.2) is 0 Å². The van der Waals surface area contributed by atoms with Crippen molar-refractivity contribution in [2.45, 2.75) is 19.9 Å². The molecule has 1 atom stereocenters. The third-order valence-corrected chi connectivity index (χ3v) is 4.14. The molecule has 1 aliphatic heterocycles. The van der Waals surface area contributed by atoms with Crippen LogP contribution in [-0.4, -0.2) is 29.8 Å². The number of benzene rings is 1. The Morgan fingerprint density at radius 1 is 1.26 bits per heavy atom. The van der Waals surface area contributed by atoms with Gasteiger partial charge in [0.2, 0.25) is 11.8 Å². The molecule has 0 radical (unpaired) electrons. The molecule has 1 unspecified atom stereocenters. The number of amides is 2. The van der Waals surface area contributed by atoms with Gasteiger partial charge in [0.05, 0.1) is 18.7 Å². The number of carbonyl (C=O) groups excluding carboxylic acids is 2. The Hall–Kier alpha value is -2.56. The zero-order valence-corrected chi connectivity index (χ0v) is 13.1. The van der Waals surface area contributed by atoms with Crippen LogP contribution in [0.1, 0.15) is 19.1 Å². The quantitative estimate of drug-likeness (QED) is 0.853. The molecule has 2 amide bonds. The third kappa shape index (κ3) is 3.28. The number of hydrogen-bond donors (Lipinski definition) is 0. The van der Waals surface area contributed by atoms with E-state index >= 15 is 0 Å². The van der Waals surface area contributed by atoms with Crippen molar-refractivity contribution in [2.24, 2.45) is 5.92 Å². The fourth-order valence-electron chi connectivity index (χ4n) is 2.98. The van der Waals surface area contributed by atoms with Gasteiger partial charge < -0.3 is 14.2 Å². The Labute approximate surface area is 135 Å². The van der Waals surface area contributed by atoms with E-state index in [9.17, 15) is 9.59 Å². The van der Waals surface area contributed by atoms with Gasteiger partial charge in [-0.15, -0.1) is 0 Å². The summed E-state index contributed by atoms with van der Waals surface area (Å²) < 4.78 is 5.29. The molecule has 1 aromatic heterocycles. The maximum atomic E-state index is 12.8. The Morgan fingerprint density at radius 3 is 2.70 bits per heavy atom. The lowest BCUT2D eigenvalue weighted by molar-refractivity contribution is -0.129. The fourth-order valence-corrected chi connectivity index (χ4v) is 2.98. The second-order valence-corrected chi connectivity index (χ2v) is 5.67. The molecule has 0 N–H and O–H groups in total. The molecule has 0 saturated carbocycles. The zero-order chi connectivity index (χ0) is 16.2. The number of likely N-dealkylation sites (tertiary alicyclic amines) is 1. The van der Waals surface area contributed by atoms with E-state index < -0.39 is 0 Å². The SMILES string of the molecule is CCN(C(=O)C1CC(=O)N(Cc2ccco2)C1)c1ccccc1. The van der Waals surface area contributed by atoms with Crippen LogP contribution in [0.5, 0.6) is 0 Å². The van der Waals surface area contributed by atoms with Gasteiger partial charge in [0, 0.05) is 25.2 Å². The molecule has 120 valence electrons. The molecule has 2 heterocycles. The van der Waals surface area contributed by atoms with Crippen LogP contribution < -0.4 is 4.90 Å². The number of rotatable bonds is 5. The summed E-state index contributed by atoms with van der Waals surface area (Å²) in [6.07, 6.45) is 1.86. The summed E-state index contributed by atoms with van der Waals surface area (Å²) >= 11 is 0. The molecule has 0 bridgehead atoms. The molecule has 0 aliphatic carbocycles. The molecular formula is C18H20N2O3. The lowest BCUT2D eigenvalue weighted by Gasteiger charge is -2.24. The molecule has 0 spiro atoms. The molecule has 2 aromatic rings. The molecule has 1 aliphatic rings. The molecule has 1 saturated heterocycles. The van der Waals surface area contributed by atoms with E-state index in [0.29, 0.717) is 19.6 Å². The second kappa shape index (κ2) is 6.69. The summed E-state index contributed by atoms with van der Waals surface area (Å²) in [4.78, 5) is 28.4. The van der Waals surface area contributed by atoms with Crippen molar-refractivity contribution in [3.8, 4) is 0 Å². The number of hydrogen-bond acceptors (Lipinski definition) is 3. The van der Waals surface area contributed by atoms with Crippen LogP contribution in [0.25, 0.3) is 0 Å². The number of anilines is 1. The Kier molecular flexibility index (Phi) is 4.46. The van der Waals surface area contributed by atoms with Crippen LogP contribution in [0.4, 0.5) is 5.69 Å². The van der Waals surface area contributed by atoms with E-state index in [0.717, 1.165) is 11.4 Å². The molecule has 5 nitrogen and oxygen atoms in total. The van der Waals surface area contributed by atoms with Crippen LogP contribution >= 0.6 is 0 Å². The highest BCUT2D eigenvalue weighted by atomic mass is 16.3. The molecule has 1 fully saturated rings. The van der Waals surface area contributed by atoms with Gasteiger partial charge in [0.25, 0.3) is 0 Å². The molecular weight excluding hydrogens is 292 g/mol. The standard InChI is InChI=1S/C18H20N2O3/c1-2-20(15-7-4-3-5-8-15)18(22)14-11-17(21)19(12-14)13-16-9-6-10-23-16/h3-10,14H,2,11-13H2,1H3. The Balaban J connectivity index is 1.69. The monoisotopic (exact) mass is 312 g/mol. The number of para-hydroxylation sites is 1. The van der Waals surface area contributed by atoms with Gasteiger partial charge in [0.1, 0.15) is 5.76 Å². The van der Waals surface area contributed by atoms with Crippen LogP contribution in [0.3, 0.4) is 0 Å². The largest absolute Gasteiger partial charge is 0.467 e. The highest BCUT2D eigenvalue weighted by molar-refractivity contribution is 5.98. The van der Waals surface area contributed by atoms with Crippen LogP contribution in [0, 0.1) is 5.92 Å². The smallest absolute Gasteiger partial charge is 0.232 e. The van der Waals surface area contributed by atoms with Gasteiger partial charge >= 0.3 is 0 Å². The predicted octanol–water partition coefficient (Wildman–Crippen LogP) is 2.68. The summed E-state index contributed by atoms with van der Waals surface area (Å²) in [6.45, 7) is 3.41. The Bertz CT molecular complexity index is 667. The average molecular weight is 312 g/mol. The minimum atomic E-state index is -0.294. The van der Waals surface area contributed by atoms with Crippen molar-refractivity contribution >= 4 is 17.5 Å². The van der Waals surface area contributed by atoms with E-state index in [2.05, 4.69) is 0 Å². The summed E-state index contributed by atoms with van der Waals surface area (Å²) in [7, 11) is 0. The summed E-state index contributed by atoms with van der Waals surface area (Å²) in [5.41, 5.74) is 0.872. The van der Waals surface area contributed by atoms with Gasteiger partial charge in [-0.05, 0) is 31.2 Å². The van der Waals surface area contributed by atoms with E-state index in [1.165, 1.54) is 0 Å². The van der Waals surface area contributed by atoms with Crippen molar-refractivity contribution in [1.82, 2.24) is 4.90 Å². The Morgan fingerprint density at radius 2 is 2.04 bits per heavy atom. The molecule has 23 heavy (non-hydrogen) atoms. The zero-order valence-electron chi connectivity index (χ0n) is 13.1. The lowest BCUT2D eigenvalue weighted by atomic mass is 10.1. The second-order valence-electron chi connectivity index (χ2n) is 5.67.